The van der Waals surface area contributed by atoms with Crippen LogP contribution in [0.1, 0.15) is 45.7 Å². The molecule has 4 aliphatic rings. The Bertz CT molecular complexity index is 1640. The minimum Gasteiger partial charge on any atom is -0.445 e. The molecule has 0 bridgehead atoms. The fourth-order valence-electron chi connectivity index (χ4n) is 7.37. The van der Waals surface area contributed by atoms with Crippen molar-refractivity contribution in [1.82, 2.24) is 0 Å². The molecular weight excluding hydrogens is 795 g/mol. The zero-order valence-electron chi connectivity index (χ0n) is 31.7. The van der Waals surface area contributed by atoms with Gasteiger partial charge < -0.3 is 52.5 Å². The van der Waals surface area contributed by atoms with E-state index in [1.807, 2.05) is 67.6 Å². The first-order valence-corrected chi connectivity index (χ1v) is 19.7. The number of nitrogens with one attached hydrogen (secondary N) is 1. The van der Waals surface area contributed by atoms with Crippen molar-refractivity contribution in [3.8, 4) is 0 Å². The van der Waals surface area contributed by atoms with Gasteiger partial charge in [0.2, 0.25) is 12.2 Å². The normalized spacial score (nSPS) is 36.9. The Balaban J connectivity index is 1.16. The van der Waals surface area contributed by atoms with Crippen LogP contribution in [0, 0.1) is 17.2 Å². The number of hydrogen-bond acceptors (Lipinski definition) is 13. The number of aliphatic hydroxyl groups excluding tert-OH is 1. The Morgan fingerprint density at radius 2 is 1.52 bits per heavy atom. The van der Waals surface area contributed by atoms with Crippen molar-refractivity contribution in [2.45, 2.75) is 131 Å². The van der Waals surface area contributed by atoms with Crippen LogP contribution in [0.4, 0.5) is 0 Å². The summed E-state index contributed by atoms with van der Waals surface area (Å²) in [5.74, 6) is -2.84. The van der Waals surface area contributed by atoms with Crippen LogP contribution in [0.25, 0.3) is 10.4 Å². The number of azide groups is 1. The molecule has 4 fully saturated rings. The Hall–Kier alpha value is -2.31. The van der Waals surface area contributed by atoms with Gasteiger partial charge in [-0.3, -0.25) is 5.41 Å². The fraction of sp³-hybridized carbons (Fsp3) is 0.658. The Labute approximate surface area is 341 Å². The van der Waals surface area contributed by atoms with Gasteiger partial charge in [0, 0.05) is 10.8 Å². The molecule has 4 aliphatic heterocycles. The van der Waals surface area contributed by atoms with E-state index in [1.165, 1.54) is 0 Å². The van der Waals surface area contributed by atoms with Gasteiger partial charge in [0.1, 0.15) is 30.5 Å². The van der Waals surface area contributed by atoms with Gasteiger partial charge in [-0.1, -0.05) is 114 Å². The Morgan fingerprint density at radius 3 is 2.16 bits per heavy atom. The van der Waals surface area contributed by atoms with E-state index < -0.39 is 101 Å². The molecule has 2 aromatic carbocycles. The number of nitrogens with zero attached hydrogens (tertiary/aromatic N) is 3. The van der Waals surface area contributed by atoms with E-state index in [9.17, 15) is 10.6 Å². The van der Waals surface area contributed by atoms with Gasteiger partial charge in [-0.05, 0) is 43.3 Å². The van der Waals surface area contributed by atoms with Crippen LogP contribution >= 0.6 is 34.8 Å². The van der Waals surface area contributed by atoms with E-state index in [0.717, 1.165) is 11.1 Å². The van der Waals surface area contributed by atoms with E-state index in [1.54, 1.807) is 27.7 Å². The van der Waals surface area contributed by atoms with Gasteiger partial charge in [-0.25, -0.2) is 0 Å². The number of alkyl halides is 3. The fourth-order valence-corrected chi connectivity index (χ4v) is 7.50. The first-order valence-electron chi connectivity index (χ1n) is 18.6. The second kappa shape index (κ2) is 18.7. The largest absolute Gasteiger partial charge is 0.445 e. The maximum Gasteiger partial charge on any atom is 0.265 e. The molecule has 308 valence electrons. The van der Waals surface area contributed by atoms with Gasteiger partial charge in [-0.2, -0.15) is 0 Å². The maximum absolute atomic E-state index is 11.2. The molecular formula is C38H49Cl3N4O11. The molecule has 6 rings (SSSR count). The van der Waals surface area contributed by atoms with Crippen LogP contribution in [0.15, 0.2) is 65.8 Å². The number of ether oxygens (including phenoxy) is 10. The van der Waals surface area contributed by atoms with E-state index in [0.29, 0.717) is 6.61 Å². The molecule has 56 heavy (non-hydrogen) atoms. The molecule has 0 aliphatic carbocycles. The van der Waals surface area contributed by atoms with Crippen molar-refractivity contribution in [3.05, 3.63) is 82.2 Å². The first-order chi connectivity index (χ1) is 26.6. The lowest BCUT2D eigenvalue weighted by atomic mass is 9.88. The summed E-state index contributed by atoms with van der Waals surface area (Å²) in [7, 11) is 0. The molecule has 14 atom stereocenters. The lowest BCUT2D eigenvalue weighted by Gasteiger charge is -2.48. The summed E-state index contributed by atoms with van der Waals surface area (Å²) in [5, 5.41) is 23.6. The predicted octanol–water partition coefficient (Wildman–Crippen LogP) is 6.58. The van der Waals surface area contributed by atoms with Gasteiger partial charge in [0.05, 0.1) is 50.8 Å². The quantitative estimate of drug-likeness (QED) is 0.0554. The van der Waals surface area contributed by atoms with Crippen LogP contribution < -0.4 is 0 Å². The average molecular weight is 844 g/mol. The summed E-state index contributed by atoms with van der Waals surface area (Å²) < 4.78 is 60.4. The zero-order valence-corrected chi connectivity index (χ0v) is 34.0. The molecule has 8 unspecified atom stereocenters. The highest BCUT2D eigenvalue weighted by atomic mass is 35.6. The lowest BCUT2D eigenvalue weighted by Crippen LogP contribution is -2.62. The SMILES string of the molecule is CC1C(O)[C@H](OCc2ccccc2)CO[C@H]1O[C@H]1C(C)O[C@@H](OC2C(C)[C@@H](N=[N+]=[N-])C(COCc3ccccc3)O[C@@H]2OC(=N)C(Cl)(Cl)Cl)C2OC(C)(C)OC21. The summed E-state index contributed by atoms with van der Waals surface area (Å²) in [6, 6.07) is 18.4. The molecule has 18 heteroatoms. The molecule has 0 saturated carbocycles. The lowest BCUT2D eigenvalue weighted by molar-refractivity contribution is -0.349. The van der Waals surface area contributed by atoms with Gasteiger partial charge in [0.15, 0.2) is 18.4 Å². The number of halogens is 3. The molecule has 0 aromatic heterocycles. The molecule has 2 aromatic rings. The molecule has 4 heterocycles. The summed E-state index contributed by atoms with van der Waals surface area (Å²) in [4.78, 5) is 3.08. The number of aliphatic hydroxyl groups is 1. The van der Waals surface area contributed by atoms with E-state index in [2.05, 4.69) is 10.0 Å². The predicted molar refractivity (Wildman–Crippen MR) is 204 cm³/mol. The number of benzene rings is 2. The summed E-state index contributed by atoms with van der Waals surface area (Å²) >= 11 is 18.1. The van der Waals surface area contributed by atoms with Crippen molar-refractivity contribution < 1.29 is 52.5 Å². The van der Waals surface area contributed by atoms with Crippen LogP contribution in [-0.4, -0.2) is 108 Å². The molecule has 0 amide bonds. The third-order valence-corrected chi connectivity index (χ3v) is 10.8. The standard InChI is InChI=1S/C38H49Cl3N4O11/c1-20-27(44-45-43)25(18-47-16-23-12-8-6-9-13-23)51-34(54-36(42)38(39,40)41)29(20)52-35-32-31(55-37(4,5)56-32)30(22(3)50-35)53-33-21(2)28(46)26(19-49-33)48-17-24-14-10-7-11-15-24/h6-15,20-22,25-35,42,46H,16-19H2,1-5H3/t20?,21?,22?,25?,26-,27-,28?,29?,30+,31?,32?,33+,34-,35+/m1/s1. The van der Waals surface area contributed by atoms with Crippen molar-refractivity contribution in [1.29, 1.82) is 5.41 Å². The number of rotatable bonds is 13. The molecule has 2 N–H and O–H groups in total. The third kappa shape index (κ3) is 10.5. The van der Waals surface area contributed by atoms with Crippen molar-refractivity contribution in [3.63, 3.8) is 0 Å². The third-order valence-electron chi connectivity index (χ3n) is 10.3. The van der Waals surface area contributed by atoms with Crippen molar-refractivity contribution >= 4 is 40.7 Å². The van der Waals surface area contributed by atoms with Crippen molar-refractivity contribution in [2.75, 3.05) is 13.2 Å². The Kier molecular flexibility index (Phi) is 14.5. The maximum atomic E-state index is 11.2. The second-order valence-electron chi connectivity index (χ2n) is 14.9. The minimum atomic E-state index is -2.21. The summed E-state index contributed by atoms with van der Waals surface area (Å²) in [6.07, 6.45) is -9.45. The molecule has 0 radical (unpaired) electrons. The van der Waals surface area contributed by atoms with E-state index in [-0.39, 0.29) is 19.8 Å². The van der Waals surface area contributed by atoms with Crippen molar-refractivity contribution in [2.24, 2.45) is 17.0 Å². The first kappa shape index (κ1) is 43.3. The van der Waals surface area contributed by atoms with Gasteiger partial charge >= 0.3 is 0 Å². The average Bonchev–Trinajstić information content (AvgIpc) is 3.49. The highest BCUT2D eigenvalue weighted by Gasteiger charge is 2.58. The zero-order chi connectivity index (χ0) is 40.2. The van der Waals surface area contributed by atoms with Gasteiger partial charge in [0.25, 0.3) is 3.79 Å². The Morgan fingerprint density at radius 1 is 0.893 bits per heavy atom. The topological polar surface area (TPSA) is 185 Å². The van der Waals surface area contributed by atoms with Crippen LogP contribution in [0.3, 0.4) is 0 Å². The smallest absolute Gasteiger partial charge is 0.265 e. The summed E-state index contributed by atoms with van der Waals surface area (Å²) in [5.41, 5.74) is 11.5. The van der Waals surface area contributed by atoms with Crippen LogP contribution in [0.2, 0.25) is 0 Å². The highest BCUT2D eigenvalue weighted by molar-refractivity contribution is 6.76. The van der Waals surface area contributed by atoms with E-state index in [4.69, 9.17) is 87.6 Å². The number of fused-ring (bicyclic) bond motifs is 1. The minimum absolute atomic E-state index is 0.0126. The molecule has 15 nitrogen and oxygen atoms in total. The summed E-state index contributed by atoms with van der Waals surface area (Å²) in [6.45, 7) is 9.69. The molecule has 4 saturated heterocycles. The second-order valence-corrected chi connectivity index (χ2v) is 17.2. The van der Waals surface area contributed by atoms with E-state index >= 15 is 0 Å². The monoisotopic (exact) mass is 842 g/mol. The van der Waals surface area contributed by atoms with Crippen LogP contribution in [0.5, 0.6) is 0 Å². The highest BCUT2D eigenvalue weighted by Crippen LogP contribution is 2.43. The number of hydrogen-bond donors (Lipinski definition) is 2. The van der Waals surface area contributed by atoms with Gasteiger partial charge in [-0.15, -0.1) is 0 Å². The molecule has 0 spiro atoms. The van der Waals surface area contributed by atoms with Crippen LogP contribution in [-0.2, 0) is 60.6 Å².